The Bertz CT molecular complexity index is 540. The van der Waals surface area contributed by atoms with E-state index in [1.165, 1.54) is 5.56 Å². The zero-order valence-corrected chi connectivity index (χ0v) is 12.7. The van der Waals surface area contributed by atoms with E-state index in [2.05, 4.69) is 38.7 Å². The Kier molecular flexibility index (Phi) is 5.77. The lowest BCUT2D eigenvalue weighted by atomic mass is 10.2. The third-order valence-electron chi connectivity index (χ3n) is 2.83. The molecule has 0 bridgehead atoms. The summed E-state index contributed by atoms with van der Waals surface area (Å²) in [5.41, 5.74) is 2.04. The van der Waals surface area contributed by atoms with E-state index in [1.807, 2.05) is 42.5 Å². The van der Waals surface area contributed by atoms with Crippen LogP contribution in [0.15, 0.2) is 59.1 Å². The fourth-order valence-corrected chi connectivity index (χ4v) is 2.05. The molecule has 4 heteroatoms. The van der Waals surface area contributed by atoms with Gasteiger partial charge in [-0.25, -0.2) is 0 Å². The molecule has 0 aliphatic rings. The van der Waals surface area contributed by atoms with E-state index in [4.69, 9.17) is 0 Å². The summed E-state index contributed by atoms with van der Waals surface area (Å²) in [6.45, 7) is 1.45. The van der Waals surface area contributed by atoms with Crippen LogP contribution in [0.1, 0.15) is 12.0 Å². The quantitative estimate of drug-likeness (QED) is 0.794. The van der Waals surface area contributed by atoms with Crippen molar-refractivity contribution in [2.75, 3.05) is 11.9 Å². The number of carbonyl (C=O) groups excluding carboxylic acids is 1. The van der Waals surface area contributed by atoms with Gasteiger partial charge in [-0.05, 0) is 29.8 Å². The Morgan fingerprint density at radius 1 is 1.00 bits per heavy atom. The summed E-state index contributed by atoms with van der Waals surface area (Å²) < 4.78 is 1.00. The molecule has 0 fully saturated rings. The van der Waals surface area contributed by atoms with Crippen molar-refractivity contribution in [1.82, 2.24) is 5.32 Å². The molecule has 0 saturated heterocycles. The van der Waals surface area contributed by atoms with Crippen LogP contribution >= 0.6 is 15.9 Å². The van der Waals surface area contributed by atoms with Crippen LogP contribution in [0.3, 0.4) is 0 Å². The topological polar surface area (TPSA) is 41.1 Å². The second-order valence-electron chi connectivity index (χ2n) is 4.47. The molecule has 2 aromatic rings. The first-order valence-electron chi connectivity index (χ1n) is 6.54. The van der Waals surface area contributed by atoms with E-state index in [0.29, 0.717) is 13.0 Å². The van der Waals surface area contributed by atoms with Gasteiger partial charge in [-0.2, -0.15) is 0 Å². The minimum absolute atomic E-state index is 0.0212. The maximum atomic E-state index is 11.7. The molecule has 1 amide bonds. The van der Waals surface area contributed by atoms with Gasteiger partial charge in [0.1, 0.15) is 0 Å². The van der Waals surface area contributed by atoms with Crippen LogP contribution in [0.5, 0.6) is 0 Å². The molecule has 0 atom stereocenters. The molecule has 0 radical (unpaired) electrons. The molecule has 20 heavy (non-hydrogen) atoms. The highest BCUT2D eigenvalue weighted by Gasteiger charge is 2.01. The van der Waals surface area contributed by atoms with Crippen molar-refractivity contribution in [3.8, 4) is 0 Å². The van der Waals surface area contributed by atoms with E-state index in [9.17, 15) is 4.79 Å². The van der Waals surface area contributed by atoms with Crippen molar-refractivity contribution in [3.05, 3.63) is 64.6 Å². The summed E-state index contributed by atoms with van der Waals surface area (Å²) in [4.78, 5) is 11.7. The monoisotopic (exact) mass is 332 g/mol. The lowest BCUT2D eigenvalue weighted by Gasteiger charge is -2.07. The number of benzene rings is 2. The van der Waals surface area contributed by atoms with Gasteiger partial charge in [0.05, 0.1) is 0 Å². The zero-order valence-electron chi connectivity index (χ0n) is 11.1. The van der Waals surface area contributed by atoms with Gasteiger partial charge in [-0.1, -0.05) is 46.3 Å². The number of hydrogen-bond acceptors (Lipinski definition) is 2. The minimum atomic E-state index is 0.0212. The summed E-state index contributed by atoms with van der Waals surface area (Å²) in [5, 5.41) is 6.13. The third-order valence-corrected chi connectivity index (χ3v) is 3.36. The van der Waals surface area contributed by atoms with Crippen LogP contribution in [-0.4, -0.2) is 12.5 Å². The van der Waals surface area contributed by atoms with Crippen LogP contribution in [0.2, 0.25) is 0 Å². The predicted octanol–water partition coefficient (Wildman–Crippen LogP) is 3.57. The van der Waals surface area contributed by atoms with Gasteiger partial charge in [0, 0.05) is 29.7 Å². The Labute approximate surface area is 127 Å². The Morgan fingerprint density at radius 3 is 2.40 bits per heavy atom. The fourth-order valence-electron chi connectivity index (χ4n) is 1.79. The third kappa shape index (κ3) is 5.15. The first-order valence-corrected chi connectivity index (χ1v) is 7.33. The average Bonchev–Trinajstić information content (AvgIpc) is 2.47. The molecule has 0 aliphatic carbocycles. The number of halogens is 1. The Hall–Kier alpha value is -1.65. The van der Waals surface area contributed by atoms with Crippen LogP contribution in [0, 0.1) is 0 Å². The minimum Gasteiger partial charge on any atom is -0.326 e. The highest BCUT2D eigenvalue weighted by Crippen LogP contribution is 2.14. The highest BCUT2D eigenvalue weighted by atomic mass is 79.9. The largest absolute Gasteiger partial charge is 0.326 e. The molecule has 2 N–H and O–H groups in total. The molecule has 2 aromatic carbocycles. The maximum Gasteiger partial charge on any atom is 0.225 e. The number of hydrogen-bond donors (Lipinski definition) is 2. The van der Waals surface area contributed by atoms with Crippen molar-refractivity contribution in [2.24, 2.45) is 0 Å². The molecule has 2 rings (SSSR count). The highest BCUT2D eigenvalue weighted by molar-refractivity contribution is 9.10. The van der Waals surface area contributed by atoms with Crippen LogP contribution in [-0.2, 0) is 11.3 Å². The van der Waals surface area contributed by atoms with Gasteiger partial charge < -0.3 is 10.6 Å². The maximum absolute atomic E-state index is 11.7. The number of carbonyl (C=O) groups is 1. The second kappa shape index (κ2) is 7.82. The van der Waals surface area contributed by atoms with Gasteiger partial charge in [0.25, 0.3) is 0 Å². The Morgan fingerprint density at radius 2 is 1.70 bits per heavy atom. The van der Waals surface area contributed by atoms with Gasteiger partial charge >= 0.3 is 0 Å². The molecule has 0 saturated carbocycles. The first kappa shape index (κ1) is 14.8. The molecule has 0 aliphatic heterocycles. The summed E-state index contributed by atoms with van der Waals surface area (Å²) in [5.74, 6) is 0.0212. The summed E-state index contributed by atoms with van der Waals surface area (Å²) in [6.07, 6.45) is 0.461. The van der Waals surface area contributed by atoms with Gasteiger partial charge in [-0.3, -0.25) is 4.79 Å². The molecule has 3 nitrogen and oxygen atoms in total. The second-order valence-corrected chi connectivity index (χ2v) is 5.38. The fraction of sp³-hybridized carbons (Fsp3) is 0.188. The van der Waals surface area contributed by atoms with Crippen molar-refractivity contribution >= 4 is 27.5 Å². The molecule has 0 unspecified atom stereocenters. The lowest BCUT2D eigenvalue weighted by molar-refractivity contribution is -0.116. The number of amides is 1. The van der Waals surface area contributed by atoms with Crippen LogP contribution in [0.4, 0.5) is 5.69 Å². The van der Waals surface area contributed by atoms with E-state index < -0.39 is 0 Å². The molecular formula is C16H17BrN2O. The summed E-state index contributed by atoms with van der Waals surface area (Å²) in [7, 11) is 0. The SMILES string of the molecule is O=C(CCNCc1ccccc1)Nc1ccc(Br)cc1. The number of anilines is 1. The lowest BCUT2D eigenvalue weighted by Crippen LogP contribution is -2.21. The van der Waals surface area contributed by atoms with E-state index in [0.717, 1.165) is 16.7 Å². The number of rotatable bonds is 6. The molecule has 0 heterocycles. The van der Waals surface area contributed by atoms with Gasteiger partial charge in [-0.15, -0.1) is 0 Å². The van der Waals surface area contributed by atoms with E-state index in [-0.39, 0.29) is 5.91 Å². The molecule has 104 valence electrons. The van der Waals surface area contributed by atoms with Crippen molar-refractivity contribution in [2.45, 2.75) is 13.0 Å². The van der Waals surface area contributed by atoms with E-state index >= 15 is 0 Å². The molecule has 0 spiro atoms. The predicted molar refractivity (Wildman–Crippen MR) is 85.5 cm³/mol. The zero-order chi connectivity index (χ0) is 14.2. The standard InChI is InChI=1S/C16H17BrN2O/c17-14-6-8-15(9-7-14)19-16(20)10-11-18-12-13-4-2-1-3-5-13/h1-9,18H,10-12H2,(H,19,20). The van der Waals surface area contributed by atoms with Gasteiger partial charge in [0.15, 0.2) is 0 Å². The smallest absolute Gasteiger partial charge is 0.225 e. The molecular weight excluding hydrogens is 316 g/mol. The first-order chi connectivity index (χ1) is 9.74. The molecule has 0 aromatic heterocycles. The Balaban J connectivity index is 1.66. The summed E-state index contributed by atoms with van der Waals surface area (Å²) >= 11 is 3.36. The van der Waals surface area contributed by atoms with Gasteiger partial charge in [0.2, 0.25) is 5.91 Å². The van der Waals surface area contributed by atoms with Crippen molar-refractivity contribution in [1.29, 1.82) is 0 Å². The van der Waals surface area contributed by atoms with Crippen molar-refractivity contribution < 1.29 is 4.79 Å². The van der Waals surface area contributed by atoms with E-state index in [1.54, 1.807) is 0 Å². The van der Waals surface area contributed by atoms with Crippen LogP contribution < -0.4 is 10.6 Å². The summed E-state index contributed by atoms with van der Waals surface area (Å²) in [6, 6.07) is 17.7. The normalized spacial score (nSPS) is 10.2. The number of nitrogens with one attached hydrogen (secondary N) is 2. The average molecular weight is 333 g/mol. The van der Waals surface area contributed by atoms with Crippen molar-refractivity contribution in [3.63, 3.8) is 0 Å². The van der Waals surface area contributed by atoms with Crippen LogP contribution in [0.25, 0.3) is 0 Å².